The molecule has 0 radical (unpaired) electrons. The molecule has 2 unspecified atom stereocenters. The third kappa shape index (κ3) is 2.80. The van der Waals surface area contributed by atoms with Crippen LogP contribution in [0.3, 0.4) is 0 Å². The molecular weight excluding hydrogens is 288 g/mol. The summed E-state index contributed by atoms with van der Waals surface area (Å²) in [4.78, 5) is 0. The average Bonchev–Trinajstić information content (AvgIpc) is 3.26. The Morgan fingerprint density at radius 3 is 1.71 bits per heavy atom. The maximum atomic E-state index is 4.08. The Morgan fingerprint density at radius 1 is 0.750 bits per heavy atom. The summed E-state index contributed by atoms with van der Waals surface area (Å²) in [6.45, 7) is 6.83. The zero-order valence-electron chi connectivity index (χ0n) is 16.1. The molecule has 4 aliphatic carbocycles. The van der Waals surface area contributed by atoms with Crippen LogP contribution in [0.2, 0.25) is 0 Å². The van der Waals surface area contributed by atoms with Crippen molar-refractivity contribution in [3.05, 3.63) is 12.7 Å². The summed E-state index contributed by atoms with van der Waals surface area (Å²) in [5.74, 6) is 6.46. The second-order valence-electron chi connectivity index (χ2n) is 10.1. The second-order valence-corrected chi connectivity index (χ2v) is 10.1. The number of allylic oxidation sites excluding steroid dienone is 1. The van der Waals surface area contributed by atoms with Crippen LogP contribution in [0.1, 0.15) is 96.8 Å². The van der Waals surface area contributed by atoms with Gasteiger partial charge < -0.3 is 0 Å². The Bertz CT molecular complexity index is 409. The van der Waals surface area contributed by atoms with Crippen LogP contribution in [-0.2, 0) is 0 Å². The highest BCUT2D eigenvalue weighted by Crippen LogP contribution is 2.65. The van der Waals surface area contributed by atoms with Crippen LogP contribution in [0.4, 0.5) is 0 Å². The van der Waals surface area contributed by atoms with Crippen molar-refractivity contribution in [1.82, 2.24) is 0 Å². The van der Waals surface area contributed by atoms with Crippen LogP contribution in [0.5, 0.6) is 0 Å². The van der Waals surface area contributed by atoms with Crippen molar-refractivity contribution in [2.24, 2.45) is 40.9 Å². The van der Waals surface area contributed by atoms with Crippen LogP contribution in [0.25, 0.3) is 0 Å². The van der Waals surface area contributed by atoms with Gasteiger partial charge in [-0.2, -0.15) is 0 Å². The molecule has 4 aliphatic rings. The van der Waals surface area contributed by atoms with Gasteiger partial charge in [0.25, 0.3) is 0 Å². The number of fused-ring (bicyclic) bond motifs is 3. The first-order valence-electron chi connectivity index (χ1n) is 11.4. The van der Waals surface area contributed by atoms with Gasteiger partial charge in [-0.25, -0.2) is 0 Å². The molecule has 4 rings (SSSR count). The van der Waals surface area contributed by atoms with Crippen molar-refractivity contribution in [2.45, 2.75) is 96.8 Å². The van der Waals surface area contributed by atoms with Gasteiger partial charge in [0, 0.05) is 0 Å². The summed E-state index contributed by atoms with van der Waals surface area (Å²) in [6.07, 6.45) is 23.3. The van der Waals surface area contributed by atoms with E-state index in [1.807, 2.05) is 0 Å². The van der Waals surface area contributed by atoms with Gasteiger partial charge in [0.1, 0.15) is 0 Å². The van der Waals surface area contributed by atoms with Crippen molar-refractivity contribution in [3.8, 4) is 0 Å². The van der Waals surface area contributed by atoms with Gasteiger partial charge >= 0.3 is 0 Å². The Hall–Kier alpha value is -0.260. The topological polar surface area (TPSA) is 0 Å². The normalized spacial score (nSPS) is 42.3. The van der Waals surface area contributed by atoms with E-state index in [0.29, 0.717) is 5.41 Å². The first kappa shape index (κ1) is 17.2. The fourth-order valence-electron chi connectivity index (χ4n) is 8.27. The quantitative estimate of drug-likeness (QED) is 0.461. The molecule has 24 heavy (non-hydrogen) atoms. The molecule has 0 aromatic carbocycles. The van der Waals surface area contributed by atoms with Gasteiger partial charge in [0.15, 0.2) is 0 Å². The Morgan fingerprint density at radius 2 is 1.21 bits per heavy atom. The molecule has 0 aromatic rings. The van der Waals surface area contributed by atoms with Crippen LogP contribution in [0, 0.1) is 40.9 Å². The predicted molar refractivity (Wildman–Crippen MR) is 104 cm³/mol. The van der Waals surface area contributed by atoms with E-state index in [1.165, 1.54) is 64.2 Å². The van der Waals surface area contributed by atoms with E-state index < -0.39 is 0 Å². The molecule has 0 bridgehead atoms. The number of hydrogen-bond acceptors (Lipinski definition) is 0. The maximum Gasteiger partial charge on any atom is -0.0261 e. The van der Waals surface area contributed by atoms with Crippen LogP contribution >= 0.6 is 0 Å². The lowest BCUT2D eigenvalue weighted by Gasteiger charge is -2.48. The van der Waals surface area contributed by atoms with Crippen molar-refractivity contribution in [1.29, 1.82) is 0 Å². The van der Waals surface area contributed by atoms with Crippen LogP contribution < -0.4 is 0 Å². The molecular formula is C24H40. The largest absolute Gasteiger partial charge is 0.103 e. The summed E-state index contributed by atoms with van der Waals surface area (Å²) in [7, 11) is 0. The zero-order chi connectivity index (χ0) is 16.6. The molecule has 0 aliphatic heterocycles. The first-order valence-corrected chi connectivity index (χ1v) is 11.4. The van der Waals surface area contributed by atoms with E-state index in [1.54, 1.807) is 25.7 Å². The summed E-state index contributed by atoms with van der Waals surface area (Å²) < 4.78 is 0. The number of hydrogen-bond donors (Lipinski definition) is 0. The van der Waals surface area contributed by atoms with E-state index in [2.05, 4.69) is 19.6 Å². The lowest BCUT2D eigenvalue weighted by atomic mass is 9.57. The molecule has 0 heterocycles. The van der Waals surface area contributed by atoms with Crippen molar-refractivity contribution >= 4 is 0 Å². The summed E-state index contributed by atoms with van der Waals surface area (Å²) in [6, 6.07) is 0. The predicted octanol–water partition coefficient (Wildman–Crippen LogP) is 7.39. The third-order valence-corrected chi connectivity index (χ3v) is 9.16. The minimum atomic E-state index is 0.613. The second kappa shape index (κ2) is 7.16. The molecule has 0 amide bonds. The average molecular weight is 329 g/mol. The van der Waals surface area contributed by atoms with Gasteiger partial charge in [-0.3, -0.25) is 0 Å². The van der Waals surface area contributed by atoms with Gasteiger partial charge in [0.05, 0.1) is 0 Å². The molecule has 0 nitrogen and oxygen atoms in total. The third-order valence-electron chi connectivity index (χ3n) is 9.16. The molecule has 136 valence electrons. The van der Waals surface area contributed by atoms with E-state index in [4.69, 9.17) is 0 Å². The molecule has 4 saturated carbocycles. The summed E-state index contributed by atoms with van der Waals surface area (Å²) in [5.41, 5.74) is 0.613. The molecule has 0 N–H and O–H groups in total. The van der Waals surface area contributed by atoms with E-state index in [-0.39, 0.29) is 0 Å². The number of rotatable bonds is 5. The summed E-state index contributed by atoms with van der Waals surface area (Å²) in [5, 5.41) is 0. The fourth-order valence-corrected chi connectivity index (χ4v) is 8.27. The van der Waals surface area contributed by atoms with E-state index >= 15 is 0 Å². The Kier molecular flexibility index (Phi) is 5.12. The standard InChI is InChI=1S/C24H40/c1-3-4-17-24(2,18-11-5-6-12-18)23-21-15-9-7-13-19(21)20-14-8-10-16-22(20)23/h3,18-23H,1,4-17H2,2H3/t19-,20-,21+,22?,23?,24-/m0/s1. The molecule has 6 atom stereocenters. The van der Waals surface area contributed by atoms with Gasteiger partial charge in [-0.05, 0) is 92.3 Å². The highest BCUT2D eigenvalue weighted by atomic mass is 14.6. The summed E-state index contributed by atoms with van der Waals surface area (Å²) >= 11 is 0. The monoisotopic (exact) mass is 328 g/mol. The molecule has 0 saturated heterocycles. The molecule has 0 aromatic heterocycles. The van der Waals surface area contributed by atoms with Crippen molar-refractivity contribution < 1.29 is 0 Å². The smallest absolute Gasteiger partial charge is 0.0261 e. The fraction of sp³-hybridized carbons (Fsp3) is 0.917. The van der Waals surface area contributed by atoms with Gasteiger partial charge in [0.2, 0.25) is 0 Å². The molecule has 4 fully saturated rings. The van der Waals surface area contributed by atoms with E-state index in [9.17, 15) is 0 Å². The van der Waals surface area contributed by atoms with Gasteiger partial charge in [-0.1, -0.05) is 51.5 Å². The maximum absolute atomic E-state index is 4.08. The Labute approximate surface area is 150 Å². The minimum Gasteiger partial charge on any atom is -0.103 e. The molecule has 0 spiro atoms. The lowest BCUT2D eigenvalue weighted by Crippen LogP contribution is -2.41. The highest BCUT2D eigenvalue weighted by Gasteiger charge is 2.58. The van der Waals surface area contributed by atoms with Crippen molar-refractivity contribution in [2.75, 3.05) is 0 Å². The zero-order valence-corrected chi connectivity index (χ0v) is 16.1. The van der Waals surface area contributed by atoms with Gasteiger partial charge in [-0.15, -0.1) is 6.58 Å². The van der Waals surface area contributed by atoms with Crippen LogP contribution in [0.15, 0.2) is 12.7 Å². The van der Waals surface area contributed by atoms with E-state index in [0.717, 1.165) is 35.5 Å². The highest BCUT2D eigenvalue weighted by molar-refractivity contribution is 5.07. The van der Waals surface area contributed by atoms with Crippen LogP contribution in [-0.4, -0.2) is 0 Å². The van der Waals surface area contributed by atoms with Crippen molar-refractivity contribution in [3.63, 3.8) is 0 Å². The first-order chi connectivity index (χ1) is 11.8. The SMILES string of the molecule is C=CCC[C@@](C)(C1CCCC1)C1C2CCCC[C@H]2[C@@H]2CCCC[C@@H]12. The minimum absolute atomic E-state index is 0.613. The Balaban J connectivity index is 1.67. The lowest BCUT2D eigenvalue weighted by molar-refractivity contribution is 0.00803. The molecule has 0 heteroatoms.